The molecule has 1 aliphatic heterocycles. The molecule has 19 heavy (non-hydrogen) atoms. The number of carbonyl (C=O) groups excluding carboxylic acids is 1. The zero-order valence-electron chi connectivity index (χ0n) is 11.3. The molecule has 1 atom stereocenters. The molecule has 2 aliphatic rings. The Kier molecular flexibility index (Phi) is 3.40. The van der Waals surface area contributed by atoms with E-state index in [1.165, 1.54) is 6.42 Å². The van der Waals surface area contributed by atoms with Gasteiger partial charge in [0.1, 0.15) is 6.04 Å². The number of nitrogens with zero attached hydrogens (tertiary/aromatic N) is 3. The number of urea groups is 1. The Bertz CT molecular complexity index is 455. The van der Waals surface area contributed by atoms with Gasteiger partial charge in [0, 0.05) is 12.6 Å². The number of amides is 2. The third-order valence-corrected chi connectivity index (χ3v) is 4.02. The Morgan fingerprint density at radius 2 is 2.16 bits per heavy atom. The van der Waals surface area contributed by atoms with E-state index in [-0.39, 0.29) is 12.1 Å². The first-order valence-corrected chi connectivity index (χ1v) is 7.11. The molecule has 2 amide bonds. The average Bonchev–Trinajstić information content (AvgIpc) is 2.80. The highest BCUT2D eigenvalue weighted by molar-refractivity contribution is 5.75. The maximum atomic E-state index is 12.3. The fourth-order valence-electron chi connectivity index (χ4n) is 2.69. The van der Waals surface area contributed by atoms with Crippen molar-refractivity contribution in [2.75, 3.05) is 6.54 Å². The second-order valence-corrected chi connectivity index (χ2v) is 5.46. The Morgan fingerprint density at radius 1 is 1.32 bits per heavy atom. The van der Waals surface area contributed by atoms with Crippen LogP contribution in [-0.4, -0.2) is 33.7 Å². The van der Waals surface area contributed by atoms with Crippen molar-refractivity contribution in [2.45, 2.75) is 57.5 Å². The lowest BCUT2D eigenvalue weighted by atomic mass is 9.93. The molecule has 1 saturated carbocycles. The molecule has 0 radical (unpaired) electrons. The molecule has 3 rings (SSSR count). The Morgan fingerprint density at radius 3 is 2.79 bits per heavy atom. The summed E-state index contributed by atoms with van der Waals surface area (Å²) in [6.07, 6.45) is 6.46. The van der Waals surface area contributed by atoms with Gasteiger partial charge in [-0.1, -0.05) is 5.16 Å². The monoisotopic (exact) mass is 264 g/mol. The van der Waals surface area contributed by atoms with Gasteiger partial charge in [0.2, 0.25) is 5.89 Å². The van der Waals surface area contributed by atoms with E-state index in [4.69, 9.17) is 4.52 Å². The fourth-order valence-corrected chi connectivity index (χ4v) is 2.69. The van der Waals surface area contributed by atoms with Gasteiger partial charge in [0.05, 0.1) is 0 Å². The molecule has 1 aliphatic carbocycles. The first kappa shape index (κ1) is 12.4. The van der Waals surface area contributed by atoms with Gasteiger partial charge in [-0.05, 0) is 45.4 Å². The van der Waals surface area contributed by atoms with Gasteiger partial charge < -0.3 is 14.7 Å². The quantitative estimate of drug-likeness (QED) is 0.888. The van der Waals surface area contributed by atoms with Crippen LogP contribution < -0.4 is 5.32 Å². The van der Waals surface area contributed by atoms with Crippen molar-refractivity contribution in [2.24, 2.45) is 0 Å². The van der Waals surface area contributed by atoms with Gasteiger partial charge >= 0.3 is 6.03 Å². The van der Waals surface area contributed by atoms with Crippen molar-refractivity contribution in [3.05, 3.63) is 11.7 Å². The van der Waals surface area contributed by atoms with Crippen LogP contribution in [0.3, 0.4) is 0 Å². The van der Waals surface area contributed by atoms with Crippen LogP contribution in [0.25, 0.3) is 0 Å². The zero-order chi connectivity index (χ0) is 13.2. The van der Waals surface area contributed by atoms with E-state index < -0.39 is 0 Å². The van der Waals surface area contributed by atoms with Crippen LogP contribution >= 0.6 is 0 Å². The van der Waals surface area contributed by atoms with Gasteiger partial charge in [-0.3, -0.25) is 0 Å². The fraction of sp³-hybridized carbons (Fsp3) is 0.769. The highest BCUT2D eigenvalue weighted by Crippen LogP contribution is 2.30. The molecule has 104 valence electrons. The minimum Gasteiger partial charge on any atom is -0.337 e. The zero-order valence-corrected chi connectivity index (χ0v) is 11.3. The van der Waals surface area contributed by atoms with Crippen molar-refractivity contribution >= 4 is 6.03 Å². The first-order valence-electron chi connectivity index (χ1n) is 7.11. The third-order valence-electron chi connectivity index (χ3n) is 4.02. The summed E-state index contributed by atoms with van der Waals surface area (Å²) < 4.78 is 5.25. The SMILES string of the molecule is Cc1noc(C2CCCCN2C(=O)NC2CCC2)n1. The molecule has 1 aromatic heterocycles. The van der Waals surface area contributed by atoms with Crippen LogP contribution in [0.5, 0.6) is 0 Å². The molecule has 0 spiro atoms. The van der Waals surface area contributed by atoms with Gasteiger partial charge in [-0.2, -0.15) is 4.98 Å². The average molecular weight is 264 g/mol. The van der Waals surface area contributed by atoms with Crippen molar-refractivity contribution in [1.82, 2.24) is 20.4 Å². The molecule has 2 fully saturated rings. The van der Waals surface area contributed by atoms with Crippen molar-refractivity contribution in [3.63, 3.8) is 0 Å². The highest BCUT2D eigenvalue weighted by atomic mass is 16.5. The maximum Gasteiger partial charge on any atom is 0.318 e. The van der Waals surface area contributed by atoms with E-state index >= 15 is 0 Å². The molecular formula is C13H20N4O2. The summed E-state index contributed by atoms with van der Waals surface area (Å²) in [6.45, 7) is 2.57. The van der Waals surface area contributed by atoms with Gasteiger partial charge in [-0.25, -0.2) is 4.79 Å². The molecule has 6 heteroatoms. The van der Waals surface area contributed by atoms with E-state index in [0.29, 0.717) is 17.8 Å². The summed E-state index contributed by atoms with van der Waals surface area (Å²) in [6, 6.07) is 0.319. The number of aryl methyl sites for hydroxylation is 1. The summed E-state index contributed by atoms with van der Waals surface area (Å²) in [5.41, 5.74) is 0. The molecule has 0 aromatic carbocycles. The van der Waals surface area contributed by atoms with Gasteiger partial charge in [0.15, 0.2) is 5.82 Å². The molecule has 0 bridgehead atoms. The van der Waals surface area contributed by atoms with Crippen LogP contribution in [0.2, 0.25) is 0 Å². The first-order chi connectivity index (χ1) is 9.24. The number of rotatable bonds is 2. The van der Waals surface area contributed by atoms with Crippen molar-refractivity contribution < 1.29 is 9.32 Å². The van der Waals surface area contributed by atoms with E-state index in [2.05, 4.69) is 15.5 Å². The smallest absolute Gasteiger partial charge is 0.318 e. The predicted molar refractivity (Wildman–Crippen MR) is 68.5 cm³/mol. The number of hydrogen-bond donors (Lipinski definition) is 1. The van der Waals surface area contributed by atoms with Crippen LogP contribution in [0.4, 0.5) is 4.79 Å². The lowest BCUT2D eigenvalue weighted by molar-refractivity contribution is 0.126. The summed E-state index contributed by atoms with van der Waals surface area (Å²) in [5, 5.41) is 6.92. The number of aromatic nitrogens is 2. The van der Waals surface area contributed by atoms with E-state index in [1.807, 2.05) is 4.90 Å². The van der Waals surface area contributed by atoms with Gasteiger partial charge in [0.25, 0.3) is 0 Å². The van der Waals surface area contributed by atoms with Crippen LogP contribution in [0.1, 0.15) is 56.3 Å². The van der Waals surface area contributed by atoms with Gasteiger partial charge in [-0.15, -0.1) is 0 Å². The maximum absolute atomic E-state index is 12.3. The Labute approximate surface area is 112 Å². The lowest BCUT2D eigenvalue weighted by Gasteiger charge is -2.36. The normalized spacial score (nSPS) is 24.1. The number of hydrogen-bond acceptors (Lipinski definition) is 4. The van der Waals surface area contributed by atoms with E-state index in [0.717, 1.165) is 38.6 Å². The summed E-state index contributed by atoms with van der Waals surface area (Å²) in [5.74, 6) is 1.20. The molecular weight excluding hydrogens is 244 g/mol. The summed E-state index contributed by atoms with van der Waals surface area (Å²) >= 11 is 0. The standard InChI is InChI=1S/C13H20N4O2/c1-9-14-12(19-16-9)11-7-2-3-8-17(11)13(18)15-10-5-4-6-10/h10-11H,2-8H2,1H3,(H,15,18). The summed E-state index contributed by atoms with van der Waals surface area (Å²) in [4.78, 5) is 18.5. The van der Waals surface area contributed by atoms with E-state index in [9.17, 15) is 4.79 Å². The minimum atomic E-state index is -0.0602. The largest absolute Gasteiger partial charge is 0.337 e. The number of piperidine rings is 1. The minimum absolute atomic E-state index is 0.0188. The number of likely N-dealkylation sites (tertiary alicyclic amines) is 1. The lowest BCUT2D eigenvalue weighted by Crippen LogP contribution is -2.49. The second-order valence-electron chi connectivity index (χ2n) is 5.46. The van der Waals surface area contributed by atoms with Crippen molar-refractivity contribution in [3.8, 4) is 0 Å². The predicted octanol–water partition coefficient (Wildman–Crippen LogP) is 2.17. The number of carbonyl (C=O) groups is 1. The third kappa shape index (κ3) is 2.57. The number of nitrogens with one attached hydrogen (secondary N) is 1. The molecule has 1 saturated heterocycles. The topological polar surface area (TPSA) is 71.3 Å². The highest BCUT2D eigenvalue weighted by Gasteiger charge is 2.33. The van der Waals surface area contributed by atoms with Crippen LogP contribution in [0, 0.1) is 6.92 Å². The molecule has 1 unspecified atom stereocenters. The van der Waals surface area contributed by atoms with Crippen molar-refractivity contribution in [1.29, 1.82) is 0 Å². The molecule has 1 aromatic rings. The molecule has 6 nitrogen and oxygen atoms in total. The van der Waals surface area contributed by atoms with Crippen LogP contribution in [0.15, 0.2) is 4.52 Å². The second kappa shape index (κ2) is 5.19. The molecule has 2 heterocycles. The van der Waals surface area contributed by atoms with E-state index in [1.54, 1.807) is 6.92 Å². The summed E-state index contributed by atoms with van der Waals surface area (Å²) in [7, 11) is 0. The molecule has 1 N–H and O–H groups in total. The Balaban J connectivity index is 1.70. The Hall–Kier alpha value is -1.59. The van der Waals surface area contributed by atoms with Crippen LogP contribution in [-0.2, 0) is 0 Å².